The molecule has 6 rings (SSSR count). The van der Waals surface area contributed by atoms with Crippen molar-refractivity contribution in [3.63, 3.8) is 0 Å². The molecule has 0 bridgehead atoms. The lowest BCUT2D eigenvalue weighted by Gasteiger charge is -2.30. The lowest BCUT2D eigenvalue weighted by molar-refractivity contribution is -0.142. The van der Waals surface area contributed by atoms with Crippen molar-refractivity contribution in [2.24, 2.45) is 0 Å². The first kappa shape index (κ1) is 36.9. The molecule has 2 fully saturated rings. The predicted octanol–water partition coefficient (Wildman–Crippen LogP) is 1.62. The van der Waals surface area contributed by atoms with E-state index in [0.29, 0.717) is 22.6 Å². The first-order valence-corrected chi connectivity index (χ1v) is 17.5. The molecule has 3 heterocycles. The third kappa shape index (κ3) is 8.44. The molecule has 14 nitrogen and oxygen atoms in total. The van der Waals surface area contributed by atoms with Crippen molar-refractivity contribution in [3.8, 4) is 11.5 Å². The van der Waals surface area contributed by atoms with Crippen LogP contribution in [0.15, 0.2) is 79.0 Å². The number of para-hydroxylation sites is 1. The highest BCUT2D eigenvalue weighted by Gasteiger charge is 2.42. The maximum atomic E-state index is 14.3. The molecule has 1 aromatic heterocycles. The van der Waals surface area contributed by atoms with Crippen LogP contribution in [0.3, 0.4) is 0 Å². The van der Waals surface area contributed by atoms with Crippen LogP contribution < -0.4 is 25.4 Å². The molecule has 0 radical (unpaired) electrons. The molecule has 0 unspecified atom stereocenters. The maximum Gasteiger partial charge on any atom is 0.246 e. The van der Waals surface area contributed by atoms with Crippen molar-refractivity contribution in [1.29, 1.82) is 0 Å². The van der Waals surface area contributed by atoms with E-state index in [1.54, 1.807) is 48.7 Å². The number of ether oxygens (including phenoxy) is 2. The summed E-state index contributed by atoms with van der Waals surface area (Å²) in [6, 6.07) is 17.6. The Morgan fingerprint density at radius 3 is 2.36 bits per heavy atom. The summed E-state index contributed by atoms with van der Waals surface area (Å²) in [5, 5.41) is 20.0. The van der Waals surface area contributed by atoms with Gasteiger partial charge in [0.2, 0.25) is 29.5 Å². The van der Waals surface area contributed by atoms with Gasteiger partial charge in [0, 0.05) is 43.0 Å². The number of fused-ring (bicyclic) bond motifs is 2. The van der Waals surface area contributed by atoms with E-state index in [0.717, 1.165) is 16.5 Å². The van der Waals surface area contributed by atoms with E-state index in [-0.39, 0.29) is 32.4 Å². The molecule has 2 aliphatic rings. The standard InChI is InChI=1S/C39H44N6O8/c1-23-37(49)43-31(25-9-5-4-6-10-25)21-44(36(48)16-24-13-14-33(52-2)34(15-24)53-3)22-35(47)42-30(17-26-19-40-29-12-8-7-11-28(26)29)39(51)45-20-27(46)18-32(45)38(50)41-23/h4-15,19,23,27,30-32,40,46H,16-18,20-22H2,1-3H3,(H,41,50)(H,42,47)(H,43,49)/t23-,27+,30+,31-,32-/m0/s1. The fraction of sp³-hybridized carbons (Fsp3) is 0.359. The highest BCUT2D eigenvalue weighted by molar-refractivity contribution is 5.96. The third-order valence-electron chi connectivity index (χ3n) is 9.76. The van der Waals surface area contributed by atoms with Crippen molar-refractivity contribution in [1.82, 2.24) is 30.7 Å². The van der Waals surface area contributed by atoms with Gasteiger partial charge in [0.1, 0.15) is 18.1 Å². The number of aromatic nitrogens is 1. The number of methoxy groups -OCH3 is 2. The van der Waals surface area contributed by atoms with E-state index >= 15 is 0 Å². The zero-order chi connectivity index (χ0) is 37.6. The van der Waals surface area contributed by atoms with Crippen LogP contribution in [0.5, 0.6) is 11.5 Å². The SMILES string of the molecule is COc1ccc(CC(=O)N2CC(=O)N[C@H](Cc3c[nH]c4ccccc34)C(=O)N3C[C@H](O)C[C@H]3C(=O)N[C@@H](C)C(=O)N[C@H](c3ccccc3)C2)cc1OC. The van der Waals surface area contributed by atoms with Crippen LogP contribution in [0.2, 0.25) is 0 Å². The van der Waals surface area contributed by atoms with Gasteiger partial charge in [-0.05, 0) is 41.8 Å². The van der Waals surface area contributed by atoms with Gasteiger partial charge in [-0.15, -0.1) is 0 Å². The Morgan fingerprint density at radius 1 is 0.868 bits per heavy atom. The Labute approximate surface area is 306 Å². The third-order valence-corrected chi connectivity index (χ3v) is 9.76. The van der Waals surface area contributed by atoms with Gasteiger partial charge in [-0.1, -0.05) is 54.6 Å². The van der Waals surface area contributed by atoms with E-state index in [1.165, 1.54) is 30.9 Å². The average Bonchev–Trinajstić information content (AvgIpc) is 3.76. The Balaban J connectivity index is 1.37. The van der Waals surface area contributed by atoms with Crippen molar-refractivity contribution in [3.05, 3.63) is 95.7 Å². The van der Waals surface area contributed by atoms with Gasteiger partial charge >= 0.3 is 0 Å². The summed E-state index contributed by atoms with van der Waals surface area (Å²) in [5.74, 6) is -1.83. The van der Waals surface area contributed by atoms with Crippen LogP contribution in [-0.4, -0.2) is 108 Å². The lowest BCUT2D eigenvalue weighted by Crippen LogP contribution is -2.56. The zero-order valence-corrected chi connectivity index (χ0v) is 29.8. The smallest absolute Gasteiger partial charge is 0.246 e. The van der Waals surface area contributed by atoms with Crippen LogP contribution in [0.25, 0.3) is 10.9 Å². The number of amides is 5. The molecule has 53 heavy (non-hydrogen) atoms. The normalized spacial score (nSPS) is 23.0. The molecule has 0 aliphatic carbocycles. The average molecular weight is 725 g/mol. The van der Waals surface area contributed by atoms with Gasteiger partial charge in [-0.25, -0.2) is 0 Å². The number of hydrogen-bond acceptors (Lipinski definition) is 8. The number of nitrogens with zero attached hydrogens (tertiary/aromatic N) is 2. The molecule has 2 aliphatic heterocycles. The highest BCUT2D eigenvalue weighted by Crippen LogP contribution is 2.28. The number of benzene rings is 3. The molecule has 4 aromatic rings. The molecule has 5 amide bonds. The number of aromatic amines is 1. The summed E-state index contributed by atoms with van der Waals surface area (Å²) < 4.78 is 10.8. The molecule has 5 N–H and O–H groups in total. The zero-order valence-electron chi connectivity index (χ0n) is 29.8. The van der Waals surface area contributed by atoms with Gasteiger partial charge in [0.25, 0.3) is 0 Å². The maximum absolute atomic E-state index is 14.3. The van der Waals surface area contributed by atoms with Crippen molar-refractivity contribution in [2.45, 2.75) is 56.5 Å². The highest BCUT2D eigenvalue weighted by atomic mass is 16.5. The fourth-order valence-electron chi connectivity index (χ4n) is 6.98. The number of aliphatic hydroxyl groups excluding tert-OH is 1. The second-order valence-electron chi connectivity index (χ2n) is 13.4. The van der Waals surface area contributed by atoms with Gasteiger partial charge < -0.3 is 45.3 Å². The van der Waals surface area contributed by atoms with Crippen LogP contribution in [0, 0.1) is 0 Å². The molecule has 5 atom stereocenters. The summed E-state index contributed by atoms with van der Waals surface area (Å²) in [5.41, 5.74) is 2.88. The molecule has 2 saturated heterocycles. The van der Waals surface area contributed by atoms with E-state index < -0.39 is 66.4 Å². The van der Waals surface area contributed by atoms with Crippen LogP contribution in [-0.2, 0) is 36.8 Å². The van der Waals surface area contributed by atoms with Gasteiger partial charge in [-0.2, -0.15) is 0 Å². The Morgan fingerprint density at radius 2 is 1.60 bits per heavy atom. The van der Waals surface area contributed by atoms with Crippen LogP contribution in [0.1, 0.15) is 36.1 Å². The molecule has 278 valence electrons. The predicted molar refractivity (Wildman–Crippen MR) is 195 cm³/mol. The number of hydrogen-bond donors (Lipinski definition) is 5. The first-order chi connectivity index (χ1) is 25.5. The lowest BCUT2D eigenvalue weighted by atomic mass is 10.0. The molecule has 0 saturated carbocycles. The van der Waals surface area contributed by atoms with Gasteiger partial charge in [0.15, 0.2) is 11.5 Å². The fourth-order valence-corrected chi connectivity index (χ4v) is 6.98. The van der Waals surface area contributed by atoms with E-state index in [2.05, 4.69) is 20.9 Å². The van der Waals surface area contributed by atoms with Gasteiger partial charge in [0.05, 0.1) is 39.3 Å². The minimum Gasteiger partial charge on any atom is -0.493 e. The number of aliphatic hydroxyl groups is 1. The minimum absolute atomic E-state index is 0.0370. The summed E-state index contributed by atoms with van der Waals surface area (Å²) in [6.07, 6.45) is 0.698. The molecular weight excluding hydrogens is 680 g/mol. The molecule has 3 aromatic carbocycles. The molecule has 14 heteroatoms. The second-order valence-corrected chi connectivity index (χ2v) is 13.4. The number of H-pyrrole nitrogens is 1. The monoisotopic (exact) mass is 724 g/mol. The molecular formula is C39H44N6O8. The number of rotatable bonds is 7. The van der Waals surface area contributed by atoms with Crippen LogP contribution in [0.4, 0.5) is 0 Å². The molecule has 0 spiro atoms. The Bertz CT molecular complexity index is 1980. The second kappa shape index (κ2) is 16.2. The van der Waals surface area contributed by atoms with Crippen molar-refractivity contribution < 1.29 is 38.6 Å². The number of carbonyl (C=O) groups is 5. The summed E-state index contributed by atoms with van der Waals surface area (Å²) in [6.45, 7) is 0.847. The van der Waals surface area contributed by atoms with E-state index in [9.17, 15) is 29.1 Å². The van der Waals surface area contributed by atoms with E-state index in [1.807, 2.05) is 30.3 Å². The number of nitrogens with one attached hydrogen (secondary N) is 4. The topological polar surface area (TPSA) is 182 Å². The largest absolute Gasteiger partial charge is 0.493 e. The van der Waals surface area contributed by atoms with Crippen molar-refractivity contribution >= 4 is 40.4 Å². The van der Waals surface area contributed by atoms with Crippen LogP contribution >= 0.6 is 0 Å². The van der Waals surface area contributed by atoms with Crippen molar-refractivity contribution in [2.75, 3.05) is 33.9 Å². The Kier molecular flexibility index (Phi) is 11.3. The minimum atomic E-state index is -1.16. The summed E-state index contributed by atoms with van der Waals surface area (Å²) in [7, 11) is 3.00. The first-order valence-electron chi connectivity index (χ1n) is 17.5. The quantitative estimate of drug-likeness (QED) is 0.191. The number of carbonyl (C=O) groups excluding carboxylic acids is 5. The summed E-state index contributed by atoms with van der Waals surface area (Å²) >= 11 is 0. The summed E-state index contributed by atoms with van der Waals surface area (Å²) in [4.78, 5) is 75.6. The Hall–Kier alpha value is -5.89. The van der Waals surface area contributed by atoms with Gasteiger partial charge in [-0.3, -0.25) is 24.0 Å². The van der Waals surface area contributed by atoms with E-state index in [4.69, 9.17) is 9.47 Å².